The number of hydrogen-bond acceptors (Lipinski definition) is 6. The fourth-order valence-corrected chi connectivity index (χ4v) is 6.13. The number of nitrogens with zero attached hydrogens (tertiary/aromatic N) is 4. The van der Waals surface area contributed by atoms with Crippen LogP contribution >= 0.6 is 0 Å². The van der Waals surface area contributed by atoms with E-state index in [1.165, 1.54) is 18.5 Å². The molecule has 2 aromatic rings. The van der Waals surface area contributed by atoms with Gasteiger partial charge in [-0.15, -0.1) is 0 Å². The molecule has 37 heavy (non-hydrogen) atoms. The molecule has 3 aliphatic rings. The van der Waals surface area contributed by atoms with E-state index in [-0.39, 0.29) is 23.4 Å². The number of aromatic nitrogens is 2. The SMILES string of the molecule is C[C@@H]1C[C@H](O)c2ncnc(N3CCN(C(=O)[C@@H](c4ccc(C(F)(F)F)cc4)[C@@H]4CCC(C)(C)N4)CC3)c21. The summed E-state index contributed by atoms with van der Waals surface area (Å²) >= 11 is 0. The van der Waals surface area contributed by atoms with Crippen LogP contribution in [0.4, 0.5) is 19.0 Å². The zero-order valence-corrected chi connectivity index (χ0v) is 21.4. The number of aliphatic hydroxyl groups excluding tert-OH is 1. The van der Waals surface area contributed by atoms with Gasteiger partial charge in [-0.25, -0.2) is 9.97 Å². The molecule has 4 atom stereocenters. The predicted octanol–water partition coefficient (Wildman–Crippen LogP) is 4.00. The highest BCUT2D eigenvalue weighted by molar-refractivity contribution is 5.85. The molecule has 1 aromatic carbocycles. The van der Waals surface area contributed by atoms with Crippen LogP contribution in [0.1, 0.15) is 80.4 Å². The molecule has 2 aliphatic heterocycles. The van der Waals surface area contributed by atoms with Gasteiger partial charge in [0.1, 0.15) is 12.1 Å². The number of alkyl halides is 3. The van der Waals surface area contributed by atoms with Gasteiger partial charge in [0, 0.05) is 43.3 Å². The number of aliphatic hydroxyl groups is 1. The minimum atomic E-state index is -4.42. The van der Waals surface area contributed by atoms with Gasteiger partial charge in [0.25, 0.3) is 0 Å². The summed E-state index contributed by atoms with van der Waals surface area (Å²) in [5.74, 6) is 0.349. The molecule has 0 unspecified atom stereocenters. The van der Waals surface area contributed by atoms with E-state index >= 15 is 0 Å². The Morgan fingerprint density at radius 1 is 1.14 bits per heavy atom. The van der Waals surface area contributed by atoms with E-state index in [0.717, 1.165) is 36.4 Å². The van der Waals surface area contributed by atoms with Crippen LogP contribution < -0.4 is 10.2 Å². The maximum Gasteiger partial charge on any atom is 0.416 e. The van der Waals surface area contributed by atoms with Gasteiger partial charge in [0.15, 0.2) is 0 Å². The second kappa shape index (κ2) is 9.54. The lowest BCUT2D eigenvalue weighted by Crippen LogP contribution is -2.53. The normalized spacial score (nSPS) is 26.3. The second-order valence-electron chi connectivity index (χ2n) is 11.2. The molecule has 5 rings (SSSR count). The van der Waals surface area contributed by atoms with Crippen molar-refractivity contribution in [2.75, 3.05) is 31.1 Å². The molecule has 0 spiro atoms. The van der Waals surface area contributed by atoms with Crippen molar-refractivity contribution in [2.24, 2.45) is 0 Å². The molecule has 200 valence electrons. The number of piperazine rings is 1. The Kier molecular flexibility index (Phi) is 6.68. The molecule has 2 saturated heterocycles. The number of hydrogen-bond donors (Lipinski definition) is 2. The van der Waals surface area contributed by atoms with Gasteiger partial charge in [0.2, 0.25) is 5.91 Å². The molecular weight excluding hydrogens is 483 g/mol. The van der Waals surface area contributed by atoms with Gasteiger partial charge >= 0.3 is 6.18 Å². The molecular formula is C27H34F3N5O2. The average molecular weight is 518 g/mol. The molecule has 1 aromatic heterocycles. The Hall–Kier alpha value is -2.72. The summed E-state index contributed by atoms with van der Waals surface area (Å²) in [6, 6.07) is 4.89. The maximum atomic E-state index is 13.9. The van der Waals surface area contributed by atoms with Crippen molar-refractivity contribution in [3.63, 3.8) is 0 Å². The number of amides is 1. The lowest BCUT2D eigenvalue weighted by molar-refractivity contribution is -0.137. The van der Waals surface area contributed by atoms with E-state index in [9.17, 15) is 23.1 Å². The van der Waals surface area contributed by atoms with Gasteiger partial charge in [-0.2, -0.15) is 13.2 Å². The Labute approximate surface area is 215 Å². The number of benzene rings is 1. The third kappa shape index (κ3) is 5.05. The summed E-state index contributed by atoms with van der Waals surface area (Å²) in [7, 11) is 0. The van der Waals surface area contributed by atoms with Gasteiger partial charge in [-0.3, -0.25) is 4.79 Å². The Morgan fingerprint density at radius 3 is 2.41 bits per heavy atom. The highest BCUT2D eigenvalue weighted by Gasteiger charge is 2.42. The number of anilines is 1. The first-order chi connectivity index (χ1) is 17.4. The summed E-state index contributed by atoms with van der Waals surface area (Å²) in [6.07, 6.45) is -1.23. The maximum absolute atomic E-state index is 13.9. The molecule has 3 heterocycles. The summed E-state index contributed by atoms with van der Waals surface area (Å²) in [4.78, 5) is 26.7. The monoisotopic (exact) mass is 517 g/mol. The first-order valence-electron chi connectivity index (χ1n) is 13.0. The topological polar surface area (TPSA) is 81.6 Å². The molecule has 0 radical (unpaired) electrons. The standard InChI is InChI=1S/C27H34F3N5O2/c1-16-14-20(36)23-21(16)24(32-15-31-23)34-10-12-35(13-11-34)25(37)22(19-8-9-26(2,3)33-19)17-4-6-18(7-5-17)27(28,29)30/h4-7,15-16,19-20,22,33,36H,8-14H2,1-3H3/t16-,19+,20+,22+/m1/s1. The van der Waals surface area contributed by atoms with Crippen molar-refractivity contribution >= 4 is 11.7 Å². The highest BCUT2D eigenvalue weighted by atomic mass is 19.4. The van der Waals surface area contributed by atoms with E-state index in [1.54, 1.807) is 0 Å². The first kappa shape index (κ1) is 25.9. The molecule has 7 nitrogen and oxygen atoms in total. The van der Waals surface area contributed by atoms with Crippen LogP contribution in [0.25, 0.3) is 0 Å². The van der Waals surface area contributed by atoms with Crippen LogP contribution in [0, 0.1) is 0 Å². The lowest BCUT2D eigenvalue weighted by Gasteiger charge is -2.39. The largest absolute Gasteiger partial charge is 0.416 e. The average Bonchev–Trinajstić information content (AvgIpc) is 3.36. The molecule has 1 aliphatic carbocycles. The smallest absolute Gasteiger partial charge is 0.387 e. The lowest BCUT2D eigenvalue weighted by atomic mass is 9.88. The zero-order chi connectivity index (χ0) is 26.5. The Balaban J connectivity index is 1.35. The van der Waals surface area contributed by atoms with Crippen molar-refractivity contribution in [3.05, 3.63) is 53.0 Å². The van der Waals surface area contributed by atoms with E-state index in [0.29, 0.717) is 43.9 Å². The van der Waals surface area contributed by atoms with Crippen molar-refractivity contribution in [2.45, 2.75) is 75.7 Å². The number of rotatable bonds is 4. The van der Waals surface area contributed by atoms with E-state index < -0.39 is 23.8 Å². The van der Waals surface area contributed by atoms with E-state index in [1.807, 2.05) is 4.90 Å². The molecule has 0 saturated carbocycles. The van der Waals surface area contributed by atoms with Crippen molar-refractivity contribution in [1.29, 1.82) is 0 Å². The second-order valence-corrected chi connectivity index (χ2v) is 11.2. The van der Waals surface area contributed by atoms with Crippen LogP contribution in [-0.4, -0.2) is 63.6 Å². The molecule has 0 bridgehead atoms. The van der Waals surface area contributed by atoms with Crippen LogP contribution in [0.15, 0.2) is 30.6 Å². The zero-order valence-electron chi connectivity index (χ0n) is 21.4. The summed E-state index contributed by atoms with van der Waals surface area (Å²) in [5, 5.41) is 13.9. The summed E-state index contributed by atoms with van der Waals surface area (Å²) in [6.45, 7) is 8.37. The third-order valence-corrected chi connectivity index (χ3v) is 8.09. The predicted molar refractivity (Wildman–Crippen MR) is 133 cm³/mol. The fourth-order valence-electron chi connectivity index (χ4n) is 6.13. The van der Waals surface area contributed by atoms with Crippen molar-refractivity contribution in [3.8, 4) is 0 Å². The molecule has 2 N–H and O–H groups in total. The number of halogens is 3. The highest BCUT2D eigenvalue weighted by Crippen LogP contribution is 2.43. The number of nitrogens with one attached hydrogen (secondary N) is 1. The van der Waals surface area contributed by atoms with Gasteiger partial charge in [0.05, 0.1) is 23.3 Å². The Morgan fingerprint density at radius 2 is 1.81 bits per heavy atom. The quantitative estimate of drug-likeness (QED) is 0.638. The fraction of sp³-hybridized carbons (Fsp3) is 0.593. The first-order valence-corrected chi connectivity index (χ1v) is 13.0. The van der Waals surface area contributed by atoms with Crippen LogP contribution in [-0.2, 0) is 11.0 Å². The summed E-state index contributed by atoms with van der Waals surface area (Å²) < 4.78 is 39.5. The molecule has 2 fully saturated rings. The minimum Gasteiger partial charge on any atom is -0.387 e. The van der Waals surface area contributed by atoms with E-state index in [2.05, 4.69) is 41.0 Å². The van der Waals surface area contributed by atoms with Gasteiger partial charge < -0.3 is 20.2 Å². The molecule has 1 amide bonds. The third-order valence-electron chi connectivity index (χ3n) is 8.09. The van der Waals surface area contributed by atoms with Crippen LogP contribution in [0.3, 0.4) is 0 Å². The molecule has 10 heteroatoms. The van der Waals surface area contributed by atoms with Gasteiger partial charge in [-0.1, -0.05) is 19.1 Å². The number of carbonyl (C=O) groups is 1. The minimum absolute atomic E-state index is 0.0636. The van der Waals surface area contributed by atoms with Crippen LogP contribution in [0.5, 0.6) is 0 Å². The van der Waals surface area contributed by atoms with E-state index in [4.69, 9.17) is 0 Å². The van der Waals surface area contributed by atoms with Crippen molar-refractivity contribution < 1.29 is 23.1 Å². The van der Waals surface area contributed by atoms with Crippen molar-refractivity contribution in [1.82, 2.24) is 20.2 Å². The Bertz CT molecular complexity index is 1150. The number of fused-ring (bicyclic) bond motifs is 1. The van der Waals surface area contributed by atoms with Gasteiger partial charge in [-0.05, 0) is 56.7 Å². The summed E-state index contributed by atoms with van der Waals surface area (Å²) in [5.41, 5.74) is 1.42. The number of carbonyl (C=O) groups excluding carboxylic acids is 1. The van der Waals surface area contributed by atoms with Crippen LogP contribution in [0.2, 0.25) is 0 Å².